The van der Waals surface area contributed by atoms with Gasteiger partial charge in [-0.2, -0.15) is 10.4 Å². The van der Waals surface area contributed by atoms with Crippen molar-refractivity contribution in [2.75, 3.05) is 37.7 Å². The topological polar surface area (TPSA) is 77.1 Å². The number of hydrogen-bond acceptors (Lipinski definition) is 5. The molecule has 0 saturated heterocycles. The molecule has 0 spiro atoms. The van der Waals surface area contributed by atoms with Gasteiger partial charge < -0.3 is 9.47 Å². The van der Waals surface area contributed by atoms with E-state index in [1.54, 1.807) is 6.92 Å². The summed E-state index contributed by atoms with van der Waals surface area (Å²) in [5.41, 5.74) is 0.243. The van der Waals surface area contributed by atoms with Gasteiger partial charge in [-0.1, -0.05) is 0 Å². The van der Waals surface area contributed by atoms with E-state index in [1.165, 1.54) is 10.9 Å². The van der Waals surface area contributed by atoms with Crippen LogP contribution in [0, 0.1) is 11.3 Å². The number of esters is 1. The molecule has 0 N–H and O–H groups in total. The van der Waals surface area contributed by atoms with Crippen molar-refractivity contribution in [2.45, 2.75) is 13.7 Å². The fourth-order valence-corrected chi connectivity index (χ4v) is 2.01. The molecule has 0 amide bonds. The Morgan fingerprint density at radius 2 is 2.20 bits per heavy atom. The zero-order valence-electron chi connectivity index (χ0n) is 12.4. The van der Waals surface area contributed by atoms with Gasteiger partial charge in [-0.05, 0) is 25.7 Å². The number of hydrogen-bond donors (Lipinski definition) is 0. The van der Waals surface area contributed by atoms with E-state index in [0.717, 1.165) is 5.75 Å². The van der Waals surface area contributed by atoms with Crippen LogP contribution in [0.1, 0.15) is 23.0 Å². The van der Waals surface area contributed by atoms with E-state index < -0.39 is 16.0 Å². The highest BCUT2D eigenvalue weighted by Gasteiger charge is 2.17. The van der Waals surface area contributed by atoms with Crippen LogP contribution in [-0.2, 0) is 16.2 Å². The highest BCUT2D eigenvalue weighted by atomic mass is 32.3. The molecule has 0 radical (unpaired) electrons. The van der Waals surface area contributed by atoms with Crippen molar-refractivity contribution in [3.05, 3.63) is 17.5 Å². The number of rotatable bonds is 7. The van der Waals surface area contributed by atoms with Crippen LogP contribution in [0.3, 0.4) is 0 Å². The van der Waals surface area contributed by atoms with Crippen LogP contribution in [0.4, 0.5) is 0 Å². The minimum absolute atomic E-state index is 0.0634. The standard InChI is InChI=1S/C13H21N3O3S/c1-5-19-13(17)11-9-16(15-12(11)8-14)10-18-6-7-20(2,3)4/h9H,5-7,10H2,1-4H3. The Labute approximate surface area is 121 Å². The first-order valence-electron chi connectivity index (χ1n) is 6.26. The van der Waals surface area contributed by atoms with Crippen molar-refractivity contribution in [2.24, 2.45) is 0 Å². The predicted molar refractivity (Wildman–Crippen MR) is 79.1 cm³/mol. The molecule has 20 heavy (non-hydrogen) atoms. The Balaban J connectivity index is 2.60. The summed E-state index contributed by atoms with van der Waals surface area (Å²) in [6.07, 6.45) is 8.14. The minimum atomic E-state index is -0.588. The smallest absolute Gasteiger partial charge is 0.342 e. The maximum atomic E-state index is 11.6. The Morgan fingerprint density at radius 3 is 2.75 bits per heavy atom. The second kappa shape index (κ2) is 7.31. The lowest BCUT2D eigenvalue weighted by Crippen LogP contribution is -2.10. The molecule has 0 aliphatic rings. The molecule has 0 fully saturated rings. The van der Waals surface area contributed by atoms with Gasteiger partial charge in [-0.25, -0.2) is 19.5 Å². The highest BCUT2D eigenvalue weighted by Crippen LogP contribution is 2.33. The van der Waals surface area contributed by atoms with Gasteiger partial charge in [-0.3, -0.25) is 0 Å². The lowest BCUT2D eigenvalue weighted by atomic mass is 10.3. The summed E-state index contributed by atoms with van der Waals surface area (Å²) in [6.45, 7) is 2.84. The van der Waals surface area contributed by atoms with Gasteiger partial charge in [0.2, 0.25) is 0 Å². The van der Waals surface area contributed by atoms with Crippen molar-refractivity contribution < 1.29 is 14.3 Å². The number of carbonyl (C=O) groups excluding carboxylic acids is 1. The number of ether oxygens (including phenoxy) is 2. The van der Waals surface area contributed by atoms with Crippen molar-refractivity contribution in [1.82, 2.24) is 9.78 Å². The molecule has 0 atom stereocenters. The molecule has 1 rings (SSSR count). The van der Waals surface area contributed by atoms with E-state index in [1.807, 2.05) is 6.07 Å². The molecular formula is C13H21N3O3S. The SMILES string of the molecule is CCOC(=O)c1cn(COCCS(C)(C)C)nc1C#N. The van der Waals surface area contributed by atoms with E-state index in [9.17, 15) is 4.79 Å². The molecule has 0 aromatic carbocycles. The average Bonchev–Trinajstić information content (AvgIpc) is 2.77. The molecule has 0 saturated carbocycles. The van der Waals surface area contributed by atoms with Crippen molar-refractivity contribution in [3.8, 4) is 6.07 Å². The Bertz CT molecular complexity index is 500. The summed E-state index contributed by atoms with van der Waals surface area (Å²) < 4.78 is 11.8. The second-order valence-electron chi connectivity index (χ2n) is 5.10. The predicted octanol–water partition coefficient (Wildman–Crippen LogP) is 1.60. The average molecular weight is 299 g/mol. The van der Waals surface area contributed by atoms with Gasteiger partial charge in [0.25, 0.3) is 0 Å². The first-order chi connectivity index (χ1) is 9.37. The molecule has 1 aromatic rings. The summed E-state index contributed by atoms with van der Waals surface area (Å²) in [7, 11) is -0.588. The minimum Gasteiger partial charge on any atom is -0.462 e. The maximum absolute atomic E-state index is 11.6. The second-order valence-corrected chi connectivity index (χ2v) is 9.69. The molecule has 0 aliphatic carbocycles. The van der Waals surface area contributed by atoms with Crippen molar-refractivity contribution in [1.29, 1.82) is 5.26 Å². The normalized spacial score (nSPS) is 11.9. The zero-order chi connectivity index (χ0) is 15.2. The van der Waals surface area contributed by atoms with E-state index in [0.29, 0.717) is 6.61 Å². The number of carbonyl (C=O) groups is 1. The largest absolute Gasteiger partial charge is 0.462 e. The number of nitrogens with zero attached hydrogens (tertiary/aromatic N) is 3. The summed E-state index contributed by atoms with van der Waals surface area (Å²) in [5.74, 6) is 0.471. The fraction of sp³-hybridized carbons (Fsp3) is 0.615. The van der Waals surface area contributed by atoms with E-state index in [2.05, 4.69) is 23.9 Å². The molecule has 0 bridgehead atoms. The monoisotopic (exact) mass is 299 g/mol. The fourth-order valence-electron chi connectivity index (χ4n) is 1.40. The van der Waals surface area contributed by atoms with E-state index in [4.69, 9.17) is 14.7 Å². The van der Waals surface area contributed by atoms with Gasteiger partial charge in [-0.15, -0.1) is 0 Å². The highest BCUT2D eigenvalue weighted by molar-refractivity contribution is 8.32. The van der Waals surface area contributed by atoms with Crippen LogP contribution < -0.4 is 0 Å². The Hall–Kier alpha value is -1.52. The van der Waals surface area contributed by atoms with Crippen molar-refractivity contribution in [3.63, 3.8) is 0 Å². The van der Waals surface area contributed by atoms with Crippen LogP contribution in [0.2, 0.25) is 0 Å². The number of nitriles is 1. The van der Waals surface area contributed by atoms with Crippen LogP contribution in [0.15, 0.2) is 6.20 Å². The van der Waals surface area contributed by atoms with Crippen LogP contribution in [0.5, 0.6) is 0 Å². The zero-order valence-corrected chi connectivity index (χ0v) is 13.2. The molecule has 1 heterocycles. The third-order valence-corrected chi connectivity index (χ3v) is 3.82. The maximum Gasteiger partial charge on any atom is 0.342 e. The van der Waals surface area contributed by atoms with E-state index in [-0.39, 0.29) is 24.6 Å². The first kappa shape index (κ1) is 16.5. The lowest BCUT2D eigenvalue weighted by molar-refractivity contribution is 0.0524. The summed E-state index contributed by atoms with van der Waals surface area (Å²) in [5, 5.41) is 13.0. The molecular weight excluding hydrogens is 278 g/mol. The first-order valence-corrected chi connectivity index (χ1v) is 9.28. The lowest BCUT2D eigenvalue weighted by Gasteiger charge is -2.24. The summed E-state index contributed by atoms with van der Waals surface area (Å²) in [6, 6.07) is 1.89. The van der Waals surface area contributed by atoms with Gasteiger partial charge in [0.1, 0.15) is 18.4 Å². The number of aromatic nitrogens is 2. The molecule has 0 unspecified atom stereocenters. The van der Waals surface area contributed by atoms with Gasteiger partial charge >= 0.3 is 5.97 Å². The van der Waals surface area contributed by atoms with Crippen LogP contribution in [-0.4, -0.2) is 53.5 Å². The van der Waals surface area contributed by atoms with Crippen molar-refractivity contribution >= 4 is 16.0 Å². The molecule has 6 nitrogen and oxygen atoms in total. The molecule has 7 heteroatoms. The Morgan fingerprint density at radius 1 is 1.50 bits per heavy atom. The van der Waals surface area contributed by atoms with Crippen LogP contribution >= 0.6 is 10.0 Å². The van der Waals surface area contributed by atoms with E-state index >= 15 is 0 Å². The Kier molecular flexibility index (Phi) is 6.05. The molecule has 112 valence electrons. The summed E-state index contributed by atoms with van der Waals surface area (Å²) in [4.78, 5) is 11.6. The summed E-state index contributed by atoms with van der Waals surface area (Å²) >= 11 is 0. The molecule has 0 aliphatic heterocycles. The third kappa shape index (κ3) is 5.23. The quantitative estimate of drug-likeness (QED) is 0.564. The van der Waals surface area contributed by atoms with Gasteiger partial charge in [0.15, 0.2) is 5.69 Å². The third-order valence-electron chi connectivity index (χ3n) is 2.43. The van der Waals surface area contributed by atoms with Crippen LogP contribution in [0.25, 0.3) is 0 Å². The van der Waals surface area contributed by atoms with Gasteiger partial charge in [0.05, 0.1) is 13.2 Å². The van der Waals surface area contributed by atoms with Gasteiger partial charge in [0, 0.05) is 11.9 Å². The molecule has 1 aromatic heterocycles.